The number of aliphatic hydroxyl groups is 1. The van der Waals surface area contributed by atoms with Gasteiger partial charge in [0.2, 0.25) is 5.82 Å². The number of benzene rings is 1. The minimum Gasteiger partial charge on any atom is -0.395 e. The molecule has 1 aromatic rings. The summed E-state index contributed by atoms with van der Waals surface area (Å²) in [6.07, 6.45) is 0. The van der Waals surface area contributed by atoms with Crippen LogP contribution in [0.25, 0.3) is 0 Å². The van der Waals surface area contributed by atoms with Gasteiger partial charge in [-0.1, -0.05) is 13.8 Å². The first kappa shape index (κ1) is 12.5. The molecule has 0 aliphatic heterocycles. The van der Waals surface area contributed by atoms with Crippen LogP contribution in [0.3, 0.4) is 0 Å². The van der Waals surface area contributed by atoms with Crippen molar-refractivity contribution in [1.82, 2.24) is 0 Å². The molecule has 88 valence electrons. The summed E-state index contributed by atoms with van der Waals surface area (Å²) in [5.41, 5.74) is -1.60. The van der Waals surface area contributed by atoms with Gasteiger partial charge in [-0.2, -0.15) is 4.39 Å². The fraction of sp³-hybridized carbons (Fsp3) is 0.400. The average molecular weight is 231 g/mol. The molecule has 0 saturated carbocycles. The summed E-state index contributed by atoms with van der Waals surface area (Å²) >= 11 is 0. The molecule has 0 spiro atoms. The number of hydrogen-bond acceptors (Lipinski definition) is 3. The SMILES string of the molecule is CC(C)(CO)c1cc(F)c(F)c([N+](=O)[O-])c1. The van der Waals surface area contributed by atoms with Crippen molar-refractivity contribution < 1.29 is 18.8 Å². The minimum atomic E-state index is -1.48. The summed E-state index contributed by atoms with van der Waals surface area (Å²) < 4.78 is 26.2. The van der Waals surface area contributed by atoms with Crippen LogP contribution in [-0.2, 0) is 5.41 Å². The molecule has 0 saturated heterocycles. The van der Waals surface area contributed by atoms with E-state index in [-0.39, 0.29) is 12.2 Å². The molecule has 1 N–H and O–H groups in total. The zero-order valence-corrected chi connectivity index (χ0v) is 8.83. The molecule has 0 aliphatic rings. The van der Waals surface area contributed by atoms with Gasteiger partial charge < -0.3 is 5.11 Å². The Labute approximate surface area is 90.7 Å². The normalized spacial score (nSPS) is 11.6. The highest BCUT2D eigenvalue weighted by Gasteiger charge is 2.27. The van der Waals surface area contributed by atoms with Crippen molar-refractivity contribution in [2.45, 2.75) is 19.3 Å². The lowest BCUT2D eigenvalue weighted by Crippen LogP contribution is -2.22. The maximum atomic E-state index is 13.1. The van der Waals surface area contributed by atoms with E-state index >= 15 is 0 Å². The Morgan fingerprint density at radius 3 is 2.44 bits per heavy atom. The van der Waals surface area contributed by atoms with Crippen LogP contribution >= 0.6 is 0 Å². The van der Waals surface area contributed by atoms with E-state index in [0.717, 1.165) is 12.1 Å². The van der Waals surface area contributed by atoms with E-state index in [1.165, 1.54) is 0 Å². The molecule has 0 radical (unpaired) electrons. The number of halogens is 2. The monoisotopic (exact) mass is 231 g/mol. The molecule has 1 rings (SSSR count). The minimum absolute atomic E-state index is 0.181. The molecule has 1 aromatic carbocycles. The van der Waals surface area contributed by atoms with Crippen LogP contribution in [0.1, 0.15) is 19.4 Å². The average Bonchev–Trinajstić information content (AvgIpc) is 2.21. The quantitative estimate of drug-likeness (QED) is 0.640. The Balaban J connectivity index is 3.41. The zero-order chi connectivity index (χ0) is 12.5. The van der Waals surface area contributed by atoms with Gasteiger partial charge in [0, 0.05) is 11.5 Å². The summed E-state index contributed by atoms with van der Waals surface area (Å²) in [7, 11) is 0. The van der Waals surface area contributed by atoms with Gasteiger partial charge >= 0.3 is 5.69 Å². The van der Waals surface area contributed by atoms with Gasteiger partial charge in [-0.05, 0) is 11.6 Å². The molecule has 0 atom stereocenters. The first-order valence-corrected chi connectivity index (χ1v) is 4.54. The summed E-state index contributed by atoms with van der Waals surface area (Å²) in [5.74, 6) is -2.77. The molecule has 0 bridgehead atoms. The maximum Gasteiger partial charge on any atom is 0.308 e. The fourth-order valence-electron chi connectivity index (χ4n) is 1.19. The van der Waals surface area contributed by atoms with Crippen molar-refractivity contribution in [1.29, 1.82) is 0 Å². The van der Waals surface area contributed by atoms with Gasteiger partial charge in [-0.3, -0.25) is 10.1 Å². The highest BCUT2D eigenvalue weighted by Crippen LogP contribution is 2.29. The van der Waals surface area contributed by atoms with Crippen LogP contribution in [0.5, 0.6) is 0 Å². The third-order valence-electron chi connectivity index (χ3n) is 2.38. The van der Waals surface area contributed by atoms with E-state index < -0.39 is 27.7 Å². The Morgan fingerprint density at radius 1 is 1.44 bits per heavy atom. The zero-order valence-electron chi connectivity index (χ0n) is 8.83. The second-order valence-electron chi connectivity index (χ2n) is 4.09. The third kappa shape index (κ3) is 2.16. The van der Waals surface area contributed by atoms with Gasteiger partial charge in [0.05, 0.1) is 11.5 Å². The second-order valence-corrected chi connectivity index (χ2v) is 4.09. The van der Waals surface area contributed by atoms with Crippen molar-refractivity contribution >= 4 is 5.69 Å². The molecular formula is C10H11F2NO3. The molecular weight excluding hydrogens is 220 g/mol. The van der Waals surface area contributed by atoms with Crippen LogP contribution in [0.4, 0.5) is 14.5 Å². The molecule has 0 aliphatic carbocycles. The lowest BCUT2D eigenvalue weighted by molar-refractivity contribution is -0.387. The molecule has 0 aromatic heterocycles. The van der Waals surface area contributed by atoms with E-state index in [4.69, 9.17) is 5.11 Å². The largest absolute Gasteiger partial charge is 0.395 e. The van der Waals surface area contributed by atoms with Crippen LogP contribution in [0.2, 0.25) is 0 Å². The van der Waals surface area contributed by atoms with Crippen LogP contribution < -0.4 is 0 Å². The van der Waals surface area contributed by atoms with Gasteiger partial charge in [0.15, 0.2) is 5.82 Å². The Morgan fingerprint density at radius 2 is 2.00 bits per heavy atom. The van der Waals surface area contributed by atoms with E-state index in [1.54, 1.807) is 13.8 Å². The van der Waals surface area contributed by atoms with Crippen LogP contribution in [-0.4, -0.2) is 16.6 Å². The van der Waals surface area contributed by atoms with Gasteiger partial charge in [-0.15, -0.1) is 0 Å². The van der Waals surface area contributed by atoms with Gasteiger partial charge in [-0.25, -0.2) is 4.39 Å². The van der Waals surface area contributed by atoms with Crippen molar-refractivity contribution in [2.24, 2.45) is 0 Å². The predicted molar refractivity (Wildman–Crippen MR) is 53.1 cm³/mol. The van der Waals surface area contributed by atoms with E-state index in [2.05, 4.69) is 0 Å². The maximum absolute atomic E-state index is 13.1. The Hall–Kier alpha value is -1.56. The molecule has 6 heteroatoms. The van der Waals surface area contributed by atoms with Crippen molar-refractivity contribution in [3.8, 4) is 0 Å². The number of nitro groups is 1. The van der Waals surface area contributed by atoms with Crippen molar-refractivity contribution in [2.75, 3.05) is 6.61 Å². The molecule has 0 heterocycles. The van der Waals surface area contributed by atoms with Gasteiger partial charge in [0.25, 0.3) is 0 Å². The molecule has 4 nitrogen and oxygen atoms in total. The lowest BCUT2D eigenvalue weighted by atomic mass is 9.85. The van der Waals surface area contributed by atoms with Gasteiger partial charge in [0.1, 0.15) is 0 Å². The van der Waals surface area contributed by atoms with Crippen molar-refractivity contribution in [3.63, 3.8) is 0 Å². The number of aliphatic hydroxyl groups excluding tert-OH is 1. The number of hydrogen-bond donors (Lipinski definition) is 1. The number of nitrogens with zero attached hydrogens (tertiary/aromatic N) is 1. The number of nitro benzene ring substituents is 1. The van der Waals surface area contributed by atoms with E-state index in [9.17, 15) is 18.9 Å². The summed E-state index contributed by atoms with van der Waals surface area (Å²) in [4.78, 5) is 9.49. The first-order valence-electron chi connectivity index (χ1n) is 4.54. The predicted octanol–water partition coefficient (Wildman–Crippen LogP) is 2.14. The molecule has 0 fully saturated rings. The second kappa shape index (κ2) is 4.13. The lowest BCUT2D eigenvalue weighted by Gasteiger charge is -2.21. The topological polar surface area (TPSA) is 63.4 Å². The number of rotatable bonds is 3. The third-order valence-corrected chi connectivity index (χ3v) is 2.38. The Kier molecular flexibility index (Phi) is 3.23. The van der Waals surface area contributed by atoms with Crippen LogP contribution in [0.15, 0.2) is 12.1 Å². The highest BCUT2D eigenvalue weighted by atomic mass is 19.2. The molecule has 16 heavy (non-hydrogen) atoms. The molecule has 0 unspecified atom stereocenters. The summed E-state index contributed by atoms with van der Waals surface area (Å²) in [6.45, 7) is 2.82. The smallest absolute Gasteiger partial charge is 0.308 e. The van der Waals surface area contributed by atoms with Crippen LogP contribution in [0, 0.1) is 21.7 Å². The fourth-order valence-corrected chi connectivity index (χ4v) is 1.19. The highest BCUT2D eigenvalue weighted by molar-refractivity contribution is 5.40. The first-order chi connectivity index (χ1) is 7.29. The standard InChI is InChI=1S/C10H11F2NO3/c1-10(2,5-14)6-3-7(11)9(12)8(4-6)13(15)16/h3-4,14H,5H2,1-2H3. The summed E-state index contributed by atoms with van der Waals surface area (Å²) in [5, 5.41) is 19.5. The Bertz CT molecular complexity index is 432. The molecule has 0 amide bonds. The van der Waals surface area contributed by atoms with Crippen molar-refractivity contribution in [3.05, 3.63) is 39.4 Å². The van der Waals surface area contributed by atoms with E-state index in [1.807, 2.05) is 0 Å². The van der Waals surface area contributed by atoms with E-state index in [0.29, 0.717) is 0 Å². The summed E-state index contributed by atoms with van der Waals surface area (Å²) in [6, 6.07) is 1.80.